The summed E-state index contributed by atoms with van der Waals surface area (Å²) < 4.78 is 13.4. The molecule has 1 aromatic heterocycles. The molecule has 41 heavy (non-hydrogen) atoms. The summed E-state index contributed by atoms with van der Waals surface area (Å²) in [5.74, 6) is 0.591. The van der Waals surface area contributed by atoms with E-state index >= 15 is 0 Å². The number of aliphatic hydroxyl groups is 1. The highest BCUT2D eigenvalue weighted by Crippen LogP contribution is 2.42. The van der Waals surface area contributed by atoms with Crippen molar-refractivity contribution in [1.29, 1.82) is 0 Å². The monoisotopic (exact) mass is 568 g/mol. The van der Waals surface area contributed by atoms with Crippen LogP contribution in [-0.2, 0) is 5.60 Å². The van der Waals surface area contributed by atoms with Crippen LogP contribution in [0.3, 0.4) is 0 Å². The van der Waals surface area contributed by atoms with Crippen LogP contribution in [0.5, 0.6) is 0 Å². The van der Waals surface area contributed by atoms with E-state index in [2.05, 4.69) is 25.5 Å². The molecular weight excluding hydrogens is 535 g/mol. The summed E-state index contributed by atoms with van der Waals surface area (Å²) in [5.41, 5.74) is 2.93. The summed E-state index contributed by atoms with van der Waals surface area (Å²) in [6.07, 6.45) is 1.43. The molecule has 4 aromatic rings. The predicted octanol–water partition coefficient (Wildman–Crippen LogP) is 6.05. The summed E-state index contributed by atoms with van der Waals surface area (Å²) in [7, 11) is 0. The minimum Gasteiger partial charge on any atom is -0.380 e. The minimum absolute atomic E-state index is 0.0217. The van der Waals surface area contributed by atoms with Gasteiger partial charge in [-0.15, -0.1) is 0 Å². The summed E-state index contributed by atoms with van der Waals surface area (Å²) in [6.45, 7) is 5.08. The zero-order valence-corrected chi connectivity index (χ0v) is 23.9. The molecule has 3 aromatic carbocycles. The standard InChI is InChI=1S/C32H33FN6OS/c1-22-21-23(2)35-29(34-22)37-30(38-31(41)36-28-15-13-27(33)14-16-28)39-19-17-26(18-20-39)32(40,24-9-5-3-6-10-24)25-11-7-4-8-12-25/h3-16,21,26,40H,17-20H2,1-2H3,(H2,34,35,36,37,38,41). The molecule has 5 rings (SSSR count). The number of piperidine rings is 1. The van der Waals surface area contributed by atoms with Gasteiger partial charge in [0.05, 0.1) is 0 Å². The molecule has 2 heterocycles. The van der Waals surface area contributed by atoms with Crippen molar-refractivity contribution in [3.8, 4) is 0 Å². The molecule has 9 heteroatoms. The first-order valence-electron chi connectivity index (χ1n) is 13.6. The Bertz CT molecular complexity index is 1450. The van der Waals surface area contributed by atoms with E-state index in [1.54, 1.807) is 12.1 Å². The topological polar surface area (TPSA) is 85.7 Å². The van der Waals surface area contributed by atoms with Crippen LogP contribution in [0.1, 0.15) is 35.4 Å². The van der Waals surface area contributed by atoms with E-state index in [1.165, 1.54) is 12.1 Å². The number of hydrogen-bond donors (Lipinski definition) is 3. The molecule has 3 N–H and O–H groups in total. The third kappa shape index (κ3) is 6.75. The van der Waals surface area contributed by atoms with Crippen LogP contribution in [0, 0.1) is 25.6 Å². The number of aliphatic imine (C=N–C) groups is 1. The molecule has 0 saturated carbocycles. The maximum atomic E-state index is 13.4. The normalized spacial score (nSPS) is 14.5. The van der Waals surface area contributed by atoms with Gasteiger partial charge in [-0.25, -0.2) is 14.4 Å². The Kier molecular flexibility index (Phi) is 8.66. The Hall–Kier alpha value is -4.21. The summed E-state index contributed by atoms with van der Waals surface area (Å²) in [6, 6.07) is 27.6. The number of likely N-dealkylation sites (tertiary alicyclic amines) is 1. The fourth-order valence-corrected chi connectivity index (χ4v) is 5.58. The van der Waals surface area contributed by atoms with E-state index in [1.807, 2.05) is 80.6 Å². The molecule has 0 amide bonds. The number of guanidine groups is 1. The van der Waals surface area contributed by atoms with E-state index in [9.17, 15) is 9.50 Å². The zero-order valence-electron chi connectivity index (χ0n) is 23.1. The van der Waals surface area contributed by atoms with Crippen molar-refractivity contribution in [2.45, 2.75) is 32.3 Å². The molecule has 0 radical (unpaired) electrons. The van der Waals surface area contributed by atoms with E-state index in [-0.39, 0.29) is 16.8 Å². The third-order valence-corrected chi connectivity index (χ3v) is 7.52. The number of aromatic nitrogens is 2. The summed E-state index contributed by atoms with van der Waals surface area (Å²) in [5, 5.41) is 18.8. The molecule has 1 saturated heterocycles. The van der Waals surface area contributed by atoms with Gasteiger partial charge in [-0.2, -0.15) is 4.99 Å². The minimum atomic E-state index is -1.13. The maximum absolute atomic E-state index is 13.4. The van der Waals surface area contributed by atoms with Gasteiger partial charge in [0.25, 0.3) is 0 Å². The van der Waals surface area contributed by atoms with Gasteiger partial charge in [-0.1, -0.05) is 60.7 Å². The number of hydrogen-bond acceptors (Lipinski definition) is 4. The lowest BCUT2D eigenvalue weighted by molar-refractivity contribution is -0.00653. The van der Waals surface area contributed by atoms with Crippen LogP contribution in [-0.4, -0.2) is 44.1 Å². The Morgan fingerprint density at radius 1 is 0.878 bits per heavy atom. The lowest BCUT2D eigenvalue weighted by atomic mass is 9.72. The number of anilines is 2. The molecule has 7 nitrogen and oxygen atoms in total. The predicted molar refractivity (Wildman–Crippen MR) is 165 cm³/mol. The first-order chi connectivity index (χ1) is 19.8. The van der Waals surface area contributed by atoms with Crippen LogP contribution >= 0.6 is 12.2 Å². The van der Waals surface area contributed by atoms with Crippen molar-refractivity contribution in [2.75, 3.05) is 23.7 Å². The highest BCUT2D eigenvalue weighted by atomic mass is 32.1. The lowest BCUT2D eigenvalue weighted by Gasteiger charge is -2.43. The molecule has 210 valence electrons. The Balaban J connectivity index is 1.40. The van der Waals surface area contributed by atoms with Crippen LogP contribution in [0.2, 0.25) is 0 Å². The smallest absolute Gasteiger partial charge is 0.229 e. The highest BCUT2D eigenvalue weighted by Gasteiger charge is 2.42. The molecule has 0 spiro atoms. The van der Waals surface area contributed by atoms with E-state index in [0.29, 0.717) is 43.5 Å². The maximum Gasteiger partial charge on any atom is 0.229 e. The number of benzene rings is 3. The van der Waals surface area contributed by atoms with Gasteiger partial charge in [0.15, 0.2) is 0 Å². The number of rotatable bonds is 5. The number of nitrogens with zero attached hydrogens (tertiary/aromatic N) is 4. The largest absolute Gasteiger partial charge is 0.380 e. The zero-order chi connectivity index (χ0) is 28.8. The van der Waals surface area contributed by atoms with E-state index in [4.69, 9.17) is 17.2 Å². The molecule has 1 aliphatic rings. The van der Waals surface area contributed by atoms with Gasteiger partial charge in [0.1, 0.15) is 11.4 Å². The average molecular weight is 569 g/mol. The number of aryl methyl sites for hydroxylation is 2. The Morgan fingerprint density at radius 3 is 1.95 bits per heavy atom. The second kappa shape index (κ2) is 12.5. The van der Waals surface area contributed by atoms with Crippen molar-refractivity contribution < 1.29 is 9.50 Å². The summed E-state index contributed by atoms with van der Waals surface area (Å²) >= 11 is 5.55. The van der Waals surface area contributed by atoms with Gasteiger partial charge in [0, 0.05) is 30.2 Å². The lowest BCUT2D eigenvalue weighted by Crippen LogP contribution is -2.48. The van der Waals surface area contributed by atoms with E-state index in [0.717, 1.165) is 22.5 Å². The molecule has 1 aliphatic heterocycles. The Labute approximate surface area is 245 Å². The first kappa shape index (κ1) is 28.3. The second-order valence-corrected chi connectivity index (χ2v) is 10.6. The molecule has 1 fully saturated rings. The molecule has 0 unspecified atom stereocenters. The van der Waals surface area contributed by atoms with Crippen molar-refractivity contribution in [1.82, 2.24) is 14.9 Å². The Morgan fingerprint density at radius 2 is 1.41 bits per heavy atom. The molecule has 0 atom stereocenters. The number of halogens is 1. The summed E-state index contributed by atoms with van der Waals surface area (Å²) in [4.78, 5) is 15.9. The molecule has 0 bridgehead atoms. The van der Waals surface area contributed by atoms with Gasteiger partial charge in [0.2, 0.25) is 17.0 Å². The SMILES string of the molecule is Cc1cc(C)nc(N/C(=N/C(=S)Nc2ccc(F)cc2)N2CCC(C(O)(c3ccccc3)c3ccccc3)CC2)n1. The fraction of sp³-hybridized carbons (Fsp3) is 0.250. The van der Waals surface area contributed by atoms with E-state index < -0.39 is 5.60 Å². The third-order valence-electron chi connectivity index (χ3n) is 7.32. The van der Waals surface area contributed by atoms with Gasteiger partial charge >= 0.3 is 0 Å². The second-order valence-electron chi connectivity index (χ2n) is 10.2. The van der Waals surface area contributed by atoms with Crippen LogP contribution in [0.15, 0.2) is 96.0 Å². The van der Waals surface area contributed by atoms with Crippen molar-refractivity contribution >= 4 is 34.9 Å². The van der Waals surface area contributed by atoms with Crippen LogP contribution in [0.25, 0.3) is 0 Å². The highest BCUT2D eigenvalue weighted by molar-refractivity contribution is 7.80. The van der Waals surface area contributed by atoms with Crippen molar-refractivity contribution in [3.05, 3.63) is 119 Å². The van der Waals surface area contributed by atoms with Gasteiger partial charge < -0.3 is 15.3 Å². The molecule has 0 aliphatic carbocycles. The van der Waals surface area contributed by atoms with Crippen LogP contribution in [0.4, 0.5) is 16.0 Å². The van der Waals surface area contributed by atoms with Gasteiger partial charge in [-0.3, -0.25) is 5.32 Å². The quantitative estimate of drug-likeness (QED) is 0.154. The van der Waals surface area contributed by atoms with Crippen molar-refractivity contribution in [3.63, 3.8) is 0 Å². The average Bonchev–Trinajstić information content (AvgIpc) is 2.98. The van der Waals surface area contributed by atoms with Crippen LogP contribution < -0.4 is 10.6 Å². The number of thiocarbonyl (C=S) groups is 1. The number of nitrogens with one attached hydrogen (secondary N) is 2. The first-order valence-corrected chi connectivity index (χ1v) is 14.0. The fourth-order valence-electron chi connectivity index (χ4n) is 5.37. The van der Waals surface area contributed by atoms with Crippen molar-refractivity contribution in [2.24, 2.45) is 10.9 Å². The van der Waals surface area contributed by atoms with Gasteiger partial charge in [-0.05, 0) is 86.3 Å². The molecular formula is C32H33FN6OS.